The van der Waals surface area contributed by atoms with Crippen LogP contribution in [0.4, 0.5) is 5.69 Å². The fourth-order valence-electron chi connectivity index (χ4n) is 3.26. The number of allylic oxidation sites excluding steroid dienone is 1. The molecule has 0 aliphatic rings. The zero-order valence-electron chi connectivity index (χ0n) is 18.8. The van der Waals surface area contributed by atoms with E-state index in [-0.39, 0.29) is 22.4 Å². The molecule has 0 saturated heterocycles. The van der Waals surface area contributed by atoms with E-state index in [1.807, 2.05) is 0 Å². The molecular weight excluding hydrogens is 503 g/mol. The van der Waals surface area contributed by atoms with Crippen LogP contribution >= 0.6 is 23.2 Å². The summed E-state index contributed by atoms with van der Waals surface area (Å²) in [6.07, 6.45) is 3.04. The molecule has 180 valence electrons. The van der Waals surface area contributed by atoms with Gasteiger partial charge in [-0.3, -0.25) is 9.59 Å². The van der Waals surface area contributed by atoms with Crippen LogP contribution in [0.25, 0.3) is 17.4 Å². The molecule has 36 heavy (non-hydrogen) atoms. The van der Waals surface area contributed by atoms with Gasteiger partial charge < -0.3 is 14.6 Å². The molecule has 0 atom stereocenters. The summed E-state index contributed by atoms with van der Waals surface area (Å²) in [6.45, 7) is 0. The molecule has 9 heteroatoms. The minimum Gasteiger partial charge on any atom is -0.464 e. The van der Waals surface area contributed by atoms with Crippen LogP contribution in [-0.2, 0) is 4.74 Å². The highest BCUT2D eigenvalue weighted by Gasteiger charge is 2.15. The molecule has 4 aromatic rings. The number of methoxy groups -OCH3 is 1. The molecule has 0 aliphatic heterocycles. The number of halogens is 2. The first kappa shape index (κ1) is 24.9. The molecule has 3 aromatic carbocycles. The lowest BCUT2D eigenvalue weighted by molar-refractivity contribution is 0.0589. The van der Waals surface area contributed by atoms with Gasteiger partial charge in [-0.05, 0) is 54.1 Å². The zero-order chi connectivity index (χ0) is 25.7. The number of hydrogen-bond acceptors (Lipinski definition) is 6. The maximum absolute atomic E-state index is 12.7. The molecule has 1 amide bonds. The van der Waals surface area contributed by atoms with Crippen molar-refractivity contribution in [2.45, 2.75) is 0 Å². The highest BCUT2D eigenvalue weighted by molar-refractivity contribution is 6.37. The Hall–Kier alpha value is -4.20. The number of carbonyl (C=O) groups is 3. The van der Waals surface area contributed by atoms with E-state index in [1.165, 1.54) is 25.3 Å². The molecule has 1 N–H and O–H groups in total. The Labute approximate surface area is 216 Å². The Balaban J connectivity index is 1.42. The number of nitrogens with one attached hydrogen (secondary N) is 1. The van der Waals surface area contributed by atoms with Crippen molar-refractivity contribution in [1.29, 1.82) is 0 Å². The molecule has 7 nitrogen and oxygen atoms in total. The lowest BCUT2D eigenvalue weighted by atomic mass is 10.1. The van der Waals surface area contributed by atoms with Gasteiger partial charge in [0.25, 0.3) is 5.91 Å². The Morgan fingerprint density at radius 1 is 0.972 bits per heavy atom. The fraction of sp³-hybridized carbons (Fsp3) is 0.0370. The lowest BCUT2D eigenvalue weighted by Gasteiger charge is -2.07. The van der Waals surface area contributed by atoms with E-state index >= 15 is 0 Å². The minimum absolute atomic E-state index is 0.0500. The second-order valence-corrected chi connectivity index (χ2v) is 8.39. The van der Waals surface area contributed by atoms with Crippen molar-refractivity contribution in [3.63, 3.8) is 0 Å². The van der Waals surface area contributed by atoms with Crippen LogP contribution in [0.3, 0.4) is 0 Å². The van der Waals surface area contributed by atoms with Crippen LogP contribution in [0, 0.1) is 0 Å². The van der Waals surface area contributed by atoms with Gasteiger partial charge in [0, 0.05) is 33.5 Å². The summed E-state index contributed by atoms with van der Waals surface area (Å²) >= 11 is 12.0. The van der Waals surface area contributed by atoms with Gasteiger partial charge in [0.2, 0.25) is 0 Å². The number of carbonyl (C=O) groups excluding carboxylic acids is 3. The van der Waals surface area contributed by atoms with Crippen molar-refractivity contribution >= 4 is 52.6 Å². The Kier molecular flexibility index (Phi) is 7.63. The summed E-state index contributed by atoms with van der Waals surface area (Å²) in [5, 5.41) is 7.23. The number of hydrogen-bond donors (Lipinski definition) is 1. The number of ether oxygens (including phenoxy) is 1. The number of amides is 1. The number of esters is 1. The predicted octanol–water partition coefficient (Wildman–Crippen LogP) is 6.58. The number of benzene rings is 3. The topological polar surface area (TPSA) is 98.5 Å². The van der Waals surface area contributed by atoms with E-state index in [1.54, 1.807) is 66.7 Å². The Bertz CT molecular complexity index is 1480. The minimum atomic E-state index is -0.606. The zero-order valence-corrected chi connectivity index (χ0v) is 20.3. The van der Waals surface area contributed by atoms with Gasteiger partial charge in [-0.25, -0.2) is 4.79 Å². The number of rotatable bonds is 7. The predicted molar refractivity (Wildman–Crippen MR) is 138 cm³/mol. The standard InChI is InChI=1S/C27H18Cl2N2O5/c1-35-27(34)23-15-25(36-31-23)18-3-2-4-20(13-18)30-26(33)17-8-5-16(6-9-17)7-12-24(32)21-11-10-19(28)14-22(21)29/h2-15H,1H3,(H,30,33)/b12-7+. The van der Waals surface area contributed by atoms with Gasteiger partial charge in [0.1, 0.15) is 0 Å². The van der Waals surface area contributed by atoms with Gasteiger partial charge >= 0.3 is 5.97 Å². The van der Waals surface area contributed by atoms with Crippen molar-refractivity contribution in [3.05, 3.63) is 111 Å². The van der Waals surface area contributed by atoms with E-state index in [4.69, 9.17) is 27.7 Å². The van der Waals surface area contributed by atoms with Crippen molar-refractivity contribution < 1.29 is 23.6 Å². The maximum atomic E-state index is 12.7. The quantitative estimate of drug-likeness (QED) is 0.168. The van der Waals surface area contributed by atoms with Crippen molar-refractivity contribution in [1.82, 2.24) is 5.16 Å². The molecule has 0 aliphatic carbocycles. The summed E-state index contributed by atoms with van der Waals surface area (Å²) < 4.78 is 9.83. The largest absolute Gasteiger partial charge is 0.464 e. The van der Waals surface area contributed by atoms with Crippen molar-refractivity contribution in [2.75, 3.05) is 12.4 Å². The Morgan fingerprint density at radius 3 is 2.47 bits per heavy atom. The highest BCUT2D eigenvalue weighted by atomic mass is 35.5. The molecular formula is C27H18Cl2N2O5. The third-order valence-electron chi connectivity index (χ3n) is 5.11. The van der Waals surface area contributed by atoms with Crippen molar-refractivity contribution in [2.24, 2.45) is 0 Å². The summed E-state index contributed by atoms with van der Waals surface area (Å²) in [6, 6.07) is 19.8. The van der Waals surface area contributed by atoms with Gasteiger partial charge in [-0.1, -0.05) is 58.7 Å². The number of nitrogens with zero attached hydrogens (tertiary/aromatic N) is 1. The van der Waals surface area contributed by atoms with Gasteiger partial charge in [0.05, 0.1) is 12.1 Å². The van der Waals surface area contributed by atoms with E-state index in [2.05, 4.69) is 15.2 Å². The molecule has 0 saturated carbocycles. The highest BCUT2D eigenvalue weighted by Crippen LogP contribution is 2.25. The van der Waals surface area contributed by atoms with Crippen LogP contribution in [0.5, 0.6) is 0 Å². The molecule has 1 aromatic heterocycles. The third kappa shape index (κ3) is 5.89. The van der Waals surface area contributed by atoms with Crippen molar-refractivity contribution in [3.8, 4) is 11.3 Å². The van der Waals surface area contributed by atoms with Gasteiger partial charge in [-0.15, -0.1) is 0 Å². The third-order valence-corrected chi connectivity index (χ3v) is 5.65. The second kappa shape index (κ2) is 11.0. The smallest absolute Gasteiger partial charge is 0.360 e. The van der Waals surface area contributed by atoms with Crippen LogP contribution < -0.4 is 5.32 Å². The van der Waals surface area contributed by atoms with Gasteiger partial charge in [0.15, 0.2) is 17.2 Å². The monoisotopic (exact) mass is 520 g/mol. The summed E-state index contributed by atoms with van der Waals surface area (Å²) in [5.74, 6) is -0.827. The number of ketones is 1. The fourth-order valence-corrected chi connectivity index (χ4v) is 3.76. The normalized spacial score (nSPS) is 10.9. The molecule has 0 bridgehead atoms. The maximum Gasteiger partial charge on any atom is 0.360 e. The first-order chi connectivity index (χ1) is 17.3. The molecule has 0 radical (unpaired) electrons. The first-order valence-electron chi connectivity index (χ1n) is 10.6. The summed E-state index contributed by atoms with van der Waals surface area (Å²) in [7, 11) is 1.26. The average Bonchev–Trinajstić information content (AvgIpc) is 3.38. The van der Waals surface area contributed by atoms with Crippen LogP contribution in [-0.4, -0.2) is 29.9 Å². The van der Waals surface area contributed by atoms with E-state index in [0.29, 0.717) is 33.2 Å². The molecule has 1 heterocycles. The SMILES string of the molecule is COC(=O)c1cc(-c2cccc(NC(=O)c3ccc(/C=C/C(=O)c4ccc(Cl)cc4Cl)cc3)c2)on1. The van der Waals surface area contributed by atoms with E-state index in [9.17, 15) is 14.4 Å². The second-order valence-electron chi connectivity index (χ2n) is 7.55. The van der Waals surface area contributed by atoms with Crippen LogP contribution in [0.2, 0.25) is 10.0 Å². The van der Waals surface area contributed by atoms with E-state index < -0.39 is 5.97 Å². The number of anilines is 1. The van der Waals surface area contributed by atoms with Crippen LogP contribution in [0.15, 0.2) is 83.4 Å². The molecule has 0 spiro atoms. The summed E-state index contributed by atoms with van der Waals surface area (Å²) in [4.78, 5) is 36.7. The summed E-state index contributed by atoms with van der Waals surface area (Å²) in [5.41, 5.74) is 2.72. The van der Waals surface area contributed by atoms with Gasteiger partial charge in [-0.2, -0.15) is 0 Å². The molecule has 4 rings (SSSR count). The Morgan fingerprint density at radius 2 is 1.75 bits per heavy atom. The van der Waals surface area contributed by atoms with Crippen LogP contribution in [0.1, 0.15) is 36.8 Å². The molecule has 0 fully saturated rings. The molecule has 0 unspecified atom stereocenters. The lowest BCUT2D eigenvalue weighted by Crippen LogP contribution is -2.11. The average molecular weight is 521 g/mol. The van der Waals surface area contributed by atoms with E-state index in [0.717, 1.165) is 5.56 Å². The number of aromatic nitrogens is 1. The first-order valence-corrected chi connectivity index (χ1v) is 11.3.